The Labute approximate surface area is 161 Å². The van der Waals surface area contributed by atoms with Crippen LogP contribution in [0.15, 0.2) is 16.6 Å². The quantitative estimate of drug-likeness (QED) is 0.538. The number of hydrogen-bond acceptors (Lipinski definition) is 4. The van der Waals surface area contributed by atoms with Crippen LogP contribution in [0.1, 0.15) is 49.6 Å². The number of allylic oxidation sites excluding steroid dienone is 1. The number of rotatable bonds is 8. The van der Waals surface area contributed by atoms with Gasteiger partial charge in [0.2, 0.25) is 5.91 Å². The summed E-state index contributed by atoms with van der Waals surface area (Å²) in [6.07, 6.45) is 2.62. The van der Waals surface area contributed by atoms with Crippen LogP contribution < -0.4 is 10.1 Å². The van der Waals surface area contributed by atoms with Gasteiger partial charge in [0, 0.05) is 35.7 Å². The molecule has 0 aliphatic heterocycles. The number of carbonyl (C=O) groups excluding carboxylic acids is 1. The number of amides is 1. The summed E-state index contributed by atoms with van der Waals surface area (Å²) < 4.78 is 17.0. The lowest BCUT2D eigenvalue weighted by Gasteiger charge is -2.13. The van der Waals surface area contributed by atoms with Gasteiger partial charge in [-0.05, 0) is 65.2 Å². The molecule has 5 nitrogen and oxygen atoms in total. The van der Waals surface area contributed by atoms with Gasteiger partial charge in [0.15, 0.2) is 0 Å². The maximum Gasteiger partial charge on any atom is 0.244 e. The van der Waals surface area contributed by atoms with E-state index in [9.17, 15) is 4.79 Å². The van der Waals surface area contributed by atoms with E-state index in [1.165, 1.54) is 0 Å². The Balaban J connectivity index is 2.20. The number of methoxy groups -OCH3 is 1. The third-order valence-electron chi connectivity index (χ3n) is 4.69. The fourth-order valence-corrected chi connectivity index (χ4v) is 3.10. The van der Waals surface area contributed by atoms with Gasteiger partial charge in [-0.25, -0.2) is 0 Å². The van der Waals surface area contributed by atoms with Crippen molar-refractivity contribution in [3.63, 3.8) is 0 Å². The van der Waals surface area contributed by atoms with Crippen LogP contribution >= 0.6 is 0 Å². The first-order valence-corrected chi connectivity index (χ1v) is 9.41. The number of furan rings is 1. The SMILES string of the molecule is COc1c(/C(C)=C/C(=O)NCCCOC(C)C)cc2c(C)c(C)oc2c1C. The van der Waals surface area contributed by atoms with E-state index in [2.05, 4.69) is 5.32 Å². The van der Waals surface area contributed by atoms with Crippen molar-refractivity contribution in [2.75, 3.05) is 20.3 Å². The zero-order chi connectivity index (χ0) is 20.1. The molecule has 5 heteroatoms. The standard InChI is InChI=1S/C22H31NO4/c1-13(2)26-10-8-9-23-20(24)11-14(3)18-12-19-15(4)17(6)27-22(19)16(5)21(18)25-7/h11-13H,8-10H2,1-7H3,(H,23,24)/b14-11+. The first-order valence-electron chi connectivity index (χ1n) is 9.41. The maximum absolute atomic E-state index is 12.3. The third kappa shape index (κ3) is 4.92. The summed E-state index contributed by atoms with van der Waals surface area (Å²) >= 11 is 0. The Morgan fingerprint density at radius 2 is 1.96 bits per heavy atom. The molecule has 0 unspecified atom stereocenters. The molecule has 0 radical (unpaired) electrons. The number of nitrogens with one attached hydrogen (secondary N) is 1. The van der Waals surface area contributed by atoms with Gasteiger partial charge in [0.05, 0.1) is 13.2 Å². The van der Waals surface area contributed by atoms with E-state index in [4.69, 9.17) is 13.9 Å². The average molecular weight is 373 g/mol. The second kappa shape index (κ2) is 9.09. The third-order valence-corrected chi connectivity index (χ3v) is 4.69. The van der Waals surface area contributed by atoms with E-state index in [0.29, 0.717) is 13.2 Å². The molecule has 0 saturated carbocycles. The van der Waals surface area contributed by atoms with Crippen LogP contribution in [-0.4, -0.2) is 32.3 Å². The van der Waals surface area contributed by atoms with Gasteiger partial charge in [-0.15, -0.1) is 0 Å². The van der Waals surface area contributed by atoms with Crippen LogP contribution in [0.4, 0.5) is 0 Å². The first kappa shape index (κ1) is 21.0. The Morgan fingerprint density at radius 1 is 1.26 bits per heavy atom. The number of carbonyl (C=O) groups is 1. The molecule has 1 heterocycles. The van der Waals surface area contributed by atoms with Gasteiger partial charge < -0.3 is 19.2 Å². The normalized spacial score (nSPS) is 12.1. The summed E-state index contributed by atoms with van der Waals surface area (Å²) in [7, 11) is 1.64. The molecule has 0 aliphatic carbocycles. The Kier molecular flexibility index (Phi) is 7.08. The molecule has 27 heavy (non-hydrogen) atoms. The molecule has 1 aromatic heterocycles. The number of aryl methyl sites for hydroxylation is 3. The lowest BCUT2D eigenvalue weighted by molar-refractivity contribution is -0.116. The van der Waals surface area contributed by atoms with Crippen LogP contribution in [0.2, 0.25) is 0 Å². The van der Waals surface area contributed by atoms with Gasteiger partial charge in [-0.1, -0.05) is 0 Å². The highest BCUT2D eigenvalue weighted by Gasteiger charge is 2.18. The molecule has 0 spiro atoms. The Morgan fingerprint density at radius 3 is 2.59 bits per heavy atom. The van der Waals surface area contributed by atoms with Crippen LogP contribution in [0.25, 0.3) is 16.5 Å². The second-order valence-corrected chi connectivity index (χ2v) is 7.13. The molecule has 0 saturated heterocycles. The van der Waals surface area contributed by atoms with Crippen molar-refractivity contribution in [1.29, 1.82) is 0 Å². The topological polar surface area (TPSA) is 60.7 Å². The summed E-state index contributed by atoms with van der Waals surface area (Å²) in [5, 5.41) is 3.96. The van der Waals surface area contributed by atoms with Crippen molar-refractivity contribution < 1.29 is 18.7 Å². The average Bonchev–Trinajstić information content (AvgIpc) is 2.89. The van der Waals surface area contributed by atoms with Crippen molar-refractivity contribution in [3.8, 4) is 5.75 Å². The molecular formula is C22H31NO4. The smallest absolute Gasteiger partial charge is 0.244 e. The van der Waals surface area contributed by atoms with E-state index in [1.807, 2.05) is 47.6 Å². The summed E-state index contributed by atoms with van der Waals surface area (Å²) in [4.78, 5) is 12.3. The highest BCUT2D eigenvalue weighted by atomic mass is 16.5. The largest absolute Gasteiger partial charge is 0.496 e. The van der Waals surface area contributed by atoms with Crippen molar-refractivity contribution in [1.82, 2.24) is 5.32 Å². The molecule has 0 fully saturated rings. The van der Waals surface area contributed by atoms with Gasteiger partial charge in [-0.3, -0.25) is 4.79 Å². The van der Waals surface area contributed by atoms with Gasteiger partial charge in [-0.2, -0.15) is 0 Å². The first-order chi connectivity index (χ1) is 12.8. The molecule has 2 aromatic rings. The minimum Gasteiger partial charge on any atom is -0.496 e. The van der Waals surface area contributed by atoms with Crippen molar-refractivity contribution >= 4 is 22.4 Å². The molecule has 1 amide bonds. The number of hydrogen-bond donors (Lipinski definition) is 1. The number of benzene rings is 1. The lowest BCUT2D eigenvalue weighted by Crippen LogP contribution is -2.23. The highest BCUT2D eigenvalue weighted by Crippen LogP contribution is 2.38. The van der Waals surface area contributed by atoms with Crippen molar-refractivity contribution in [2.24, 2.45) is 0 Å². The van der Waals surface area contributed by atoms with Crippen LogP contribution in [0, 0.1) is 20.8 Å². The fourth-order valence-electron chi connectivity index (χ4n) is 3.10. The van der Waals surface area contributed by atoms with E-state index >= 15 is 0 Å². The Bertz CT molecular complexity index is 846. The molecule has 148 valence electrons. The minimum absolute atomic E-state index is 0.114. The molecule has 0 atom stereocenters. The molecular weight excluding hydrogens is 342 g/mol. The molecule has 1 aromatic carbocycles. The molecule has 2 rings (SSSR count). The minimum atomic E-state index is -0.114. The maximum atomic E-state index is 12.3. The van der Waals surface area contributed by atoms with Gasteiger partial charge in [0.1, 0.15) is 17.1 Å². The second-order valence-electron chi connectivity index (χ2n) is 7.13. The number of ether oxygens (including phenoxy) is 2. The van der Waals surface area contributed by atoms with Crippen LogP contribution in [0.5, 0.6) is 5.75 Å². The monoisotopic (exact) mass is 373 g/mol. The fraction of sp³-hybridized carbons (Fsp3) is 0.500. The van der Waals surface area contributed by atoms with E-state index in [1.54, 1.807) is 13.2 Å². The molecule has 0 aliphatic rings. The van der Waals surface area contributed by atoms with E-state index in [0.717, 1.165) is 51.2 Å². The Hall–Kier alpha value is -2.27. The highest BCUT2D eigenvalue weighted by molar-refractivity contribution is 5.98. The zero-order valence-corrected chi connectivity index (χ0v) is 17.5. The van der Waals surface area contributed by atoms with Gasteiger partial charge in [0.25, 0.3) is 0 Å². The summed E-state index contributed by atoms with van der Waals surface area (Å²) in [5.74, 6) is 1.52. The molecule has 0 bridgehead atoms. The van der Waals surface area contributed by atoms with Gasteiger partial charge >= 0.3 is 0 Å². The summed E-state index contributed by atoms with van der Waals surface area (Å²) in [5.41, 5.74) is 4.66. The number of fused-ring (bicyclic) bond motifs is 1. The summed E-state index contributed by atoms with van der Waals surface area (Å²) in [6.45, 7) is 13.1. The van der Waals surface area contributed by atoms with E-state index < -0.39 is 0 Å². The van der Waals surface area contributed by atoms with Crippen LogP contribution in [0.3, 0.4) is 0 Å². The predicted octanol–water partition coefficient (Wildman–Crippen LogP) is 4.70. The van der Waals surface area contributed by atoms with Crippen LogP contribution in [-0.2, 0) is 9.53 Å². The zero-order valence-electron chi connectivity index (χ0n) is 17.5. The summed E-state index contributed by atoms with van der Waals surface area (Å²) in [6, 6.07) is 2.04. The lowest BCUT2D eigenvalue weighted by atomic mass is 9.98. The predicted molar refractivity (Wildman–Crippen MR) is 109 cm³/mol. The van der Waals surface area contributed by atoms with Crippen molar-refractivity contribution in [3.05, 3.63) is 34.6 Å². The van der Waals surface area contributed by atoms with E-state index in [-0.39, 0.29) is 12.0 Å². The van der Waals surface area contributed by atoms with Crippen molar-refractivity contribution in [2.45, 2.75) is 54.1 Å². The molecule has 1 N–H and O–H groups in total.